The number of rotatable bonds is 22. The van der Waals surface area contributed by atoms with Crippen LogP contribution in [0.15, 0.2) is 11.1 Å². The molecule has 3 rings (SSSR count). The van der Waals surface area contributed by atoms with Gasteiger partial charge >= 0.3 is 31.7 Å². The molecule has 28 heteroatoms. The first-order valence-corrected chi connectivity index (χ1v) is 25.0. The van der Waals surface area contributed by atoms with E-state index in [9.17, 15) is 37.7 Å². The summed E-state index contributed by atoms with van der Waals surface area (Å²) >= 11 is 0. The Balaban J connectivity index is 2.18. The second-order valence-electron chi connectivity index (χ2n) is 14.3. The fourth-order valence-corrected chi connectivity index (χ4v) is 10.2. The maximum Gasteiger partial charge on any atom is 0.705 e. The zero-order chi connectivity index (χ0) is 40.9. The number of H-pyrrole nitrogens is 1. The SMILES string of the molecule is CN(C)CCCOP(=O)(OCC1OC(n2cnc3c(=O)[nH]c(N)nc32)C(O[Si](C)(C)C(C)(C)C)C1OP(=O)(OCCCN(C)C)OP(=O)(O)O)O[P+](=O)O. The molecule has 1 fully saturated rings. The largest absolute Gasteiger partial charge is 0.705 e. The third kappa shape index (κ3) is 13.6. The smallest absolute Gasteiger partial charge is 0.407 e. The third-order valence-corrected chi connectivity index (χ3v) is 17.7. The highest BCUT2D eigenvalue weighted by Gasteiger charge is 2.56. The van der Waals surface area contributed by atoms with Crippen molar-refractivity contribution in [3.05, 3.63) is 16.7 Å². The minimum absolute atomic E-state index is 0.0736. The molecule has 2 aromatic rings. The molecule has 1 saturated heterocycles. The maximum atomic E-state index is 14.2. The number of ether oxygens (including phenoxy) is 1. The molecule has 54 heavy (non-hydrogen) atoms. The van der Waals surface area contributed by atoms with E-state index in [1.165, 1.54) is 10.9 Å². The van der Waals surface area contributed by atoms with Crippen LogP contribution in [0.2, 0.25) is 18.1 Å². The molecule has 6 N–H and O–H groups in total. The monoisotopic (exact) mass is 870 g/mol. The second-order valence-corrected chi connectivity index (χ2v) is 24.6. The highest BCUT2D eigenvalue weighted by atomic mass is 31.3. The highest BCUT2D eigenvalue weighted by molar-refractivity contribution is 7.61. The molecule has 3 heterocycles. The number of imidazole rings is 1. The molecule has 0 radical (unpaired) electrons. The Kier molecular flexibility index (Phi) is 16.5. The van der Waals surface area contributed by atoms with Gasteiger partial charge in [-0.15, -0.1) is 4.89 Å². The van der Waals surface area contributed by atoms with Crippen molar-refractivity contribution in [3.63, 3.8) is 0 Å². The molecule has 0 amide bonds. The fraction of sp³-hybridized carbons (Fsp3) is 0.808. The molecule has 0 aliphatic carbocycles. The van der Waals surface area contributed by atoms with E-state index in [0.717, 1.165) is 0 Å². The molecule has 310 valence electrons. The topological polar surface area (TPSA) is 299 Å². The van der Waals surface area contributed by atoms with Crippen LogP contribution in [0.5, 0.6) is 0 Å². The Morgan fingerprint density at radius 2 is 1.59 bits per heavy atom. The van der Waals surface area contributed by atoms with Gasteiger partial charge in [0.2, 0.25) is 5.95 Å². The average molecular weight is 871 g/mol. The molecule has 23 nitrogen and oxygen atoms in total. The predicted octanol–water partition coefficient (Wildman–Crippen LogP) is 3.32. The van der Waals surface area contributed by atoms with Gasteiger partial charge in [-0.2, -0.15) is 9.29 Å². The molecule has 1 aliphatic rings. The number of fused-ring (bicyclic) bond motifs is 1. The van der Waals surface area contributed by atoms with E-state index in [-0.39, 0.29) is 36.7 Å². The molecule has 0 saturated carbocycles. The van der Waals surface area contributed by atoms with Crippen LogP contribution in [0.3, 0.4) is 0 Å². The average Bonchev–Trinajstić information content (AvgIpc) is 3.55. The quantitative estimate of drug-likeness (QED) is 0.0644. The van der Waals surface area contributed by atoms with Crippen LogP contribution in [0.1, 0.15) is 39.8 Å². The first-order valence-electron chi connectivity index (χ1n) is 16.5. The van der Waals surface area contributed by atoms with E-state index in [1.807, 2.05) is 38.8 Å². The van der Waals surface area contributed by atoms with Gasteiger partial charge in [0.1, 0.15) is 18.3 Å². The van der Waals surface area contributed by atoms with Gasteiger partial charge in [0.15, 0.2) is 25.7 Å². The lowest BCUT2D eigenvalue weighted by molar-refractivity contribution is -0.0498. The van der Waals surface area contributed by atoms with Gasteiger partial charge in [-0.25, -0.2) is 18.7 Å². The first kappa shape index (κ1) is 47.0. The van der Waals surface area contributed by atoms with Crippen LogP contribution in [0, 0.1) is 0 Å². The van der Waals surface area contributed by atoms with Gasteiger partial charge in [0.25, 0.3) is 5.56 Å². The second kappa shape index (κ2) is 18.9. The van der Waals surface area contributed by atoms with Gasteiger partial charge in [-0.05, 0) is 76.6 Å². The summed E-state index contributed by atoms with van der Waals surface area (Å²) in [5, 5.41) is -0.487. The van der Waals surface area contributed by atoms with Gasteiger partial charge in [0, 0.05) is 4.57 Å². The molecule has 7 unspecified atom stereocenters. The number of hydrogen-bond donors (Lipinski definition) is 5. The number of anilines is 1. The predicted molar refractivity (Wildman–Crippen MR) is 197 cm³/mol. The van der Waals surface area contributed by atoms with E-state index in [1.54, 1.807) is 33.1 Å². The molecule has 0 spiro atoms. The summed E-state index contributed by atoms with van der Waals surface area (Å²) in [6.45, 7) is 9.00. The summed E-state index contributed by atoms with van der Waals surface area (Å²) in [4.78, 5) is 56.1. The van der Waals surface area contributed by atoms with E-state index < -0.39 is 81.8 Å². The van der Waals surface area contributed by atoms with Gasteiger partial charge in [-0.3, -0.25) is 32.4 Å². The van der Waals surface area contributed by atoms with Crippen molar-refractivity contribution < 1.29 is 68.8 Å². The number of nitrogen functional groups attached to an aromatic ring is 1. The lowest BCUT2D eigenvalue weighted by Crippen LogP contribution is -2.49. The fourth-order valence-electron chi connectivity index (χ4n) is 4.77. The highest BCUT2D eigenvalue weighted by Crippen LogP contribution is 2.63. The van der Waals surface area contributed by atoms with E-state index in [0.29, 0.717) is 19.5 Å². The van der Waals surface area contributed by atoms with Crippen molar-refractivity contribution in [3.8, 4) is 0 Å². The number of nitrogens with two attached hydrogens (primary N) is 1. The molecule has 1 aliphatic heterocycles. The van der Waals surface area contributed by atoms with Gasteiger partial charge in [-0.1, -0.05) is 20.8 Å². The number of aromatic nitrogens is 4. The molecule has 2 aromatic heterocycles. The Hall–Kier alpha value is -1.36. The molecular formula is C26H52N7O16P4Si+. The third-order valence-electron chi connectivity index (χ3n) is 8.27. The van der Waals surface area contributed by atoms with Crippen LogP contribution < -0.4 is 11.3 Å². The van der Waals surface area contributed by atoms with Crippen LogP contribution in [0.25, 0.3) is 11.2 Å². The maximum absolute atomic E-state index is 14.2. The summed E-state index contributed by atoms with van der Waals surface area (Å²) in [5.74, 6) is -0.268. The van der Waals surface area contributed by atoms with E-state index in [2.05, 4.69) is 23.6 Å². The number of phosphoric acid groups is 3. The van der Waals surface area contributed by atoms with Crippen molar-refractivity contribution in [1.82, 2.24) is 29.3 Å². The van der Waals surface area contributed by atoms with E-state index in [4.69, 9.17) is 33.0 Å². The van der Waals surface area contributed by atoms with Crippen molar-refractivity contribution in [2.75, 3.05) is 66.8 Å². The van der Waals surface area contributed by atoms with Crippen LogP contribution >= 0.6 is 31.7 Å². The summed E-state index contributed by atoms with van der Waals surface area (Å²) in [6.07, 6.45) is -4.28. The molecule has 0 bridgehead atoms. The standard InChI is InChI=1S/C26H51N7O16P4Si/c1-26(2,3)54(8,9)47-21-20(46-53(41,49-51(37,38)39)43-15-11-13-32(6)7)18(16-44-52(40,48-50(35)36)42-14-10-12-31(4)5)45-24(21)33-17-28-19-22(33)29-25(27)30-23(19)34/h17-18,20-21,24H,10-16H2,1-9H3,(H5-,27,29,30,34,35,36,37,38,39)/p+1. The summed E-state index contributed by atoms with van der Waals surface area (Å²) in [6, 6.07) is 0. The van der Waals surface area contributed by atoms with Crippen molar-refractivity contribution in [1.29, 1.82) is 0 Å². The normalized spacial score (nSPS) is 22.6. The summed E-state index contributed by atoms with van der Waals surface area (Å²) in [5.41, 5.74) is 4.95. The summed E-state index contributed by atoms with van der Waals surface area (Å²) < 4.78 is 97.4. The molecular weight excluding hydrogens is 818 g/mol. The minimum atomic E-state index is -5.56. The molecule has 0 aromatic carbocycles. The summed E-state index contributed by atoms with van der Waals surface area (Å²) in [7, 11) is -14.9. The zero-order valence-electron chi connectivity index (χ0n) is 31.6. The lowest BCUT2D eigenvalue weighted by atomic mass is 10.1. The Morgan fingerprint density at radius 1 is 1.02 bits per heavy atom. The first-order chi connectivity index (χ1) is 24.7. The van der Waals surface area contributed by atoms with Crippen molar-refractivity contribution in [2.45, 2.75) is 76.3 Å². The van der Waals surface area contributed by atoms with Crippen molar-refractivity contribution in [2.24, 2.45) is 0 Å². The number of hydrogen-bond acceptors (Lipinski definition) is 18. The van der Waals surface area contributed by atoms with Crippen LogP contribution in [0.4, 0.5) is 5.95 Å². The number of nitrogens with one attached hydrogen (secondary N) is 1. The minimum Gasteiger partial charge on any atom is -0.407 e. The molecule has 7 atom stereocenters. The Bertz CT molecular complexity index is 1780. The zero-order valence-corrected chi connectivity index (χ0v) is 36.2. The van der Waals surface area contributed by atoms with Gasteiger partial charge < -0.3 is 34.5 Å². The van der Waals surface area contributed by atoms with Crippen molar-refractivity contribution >= 4 is 57.2 Å². The van der Waals surface area contributed by atoms with Gasteiger partial charge in [0.05, 0.1) is 26.1 Å². The lowest BCUT2D eigenvalue weighted by Gasteiger charge is -2.40. The Morgan fingerprint density at radius 3 is 2.11 bits per heavy atom. The number of aromatic amines is 1. The van der Waals surface area contributed by atoms with Crippen LogP contribution in [-0.2, 0) is 54.1 Å². The van der Waals surface area contributed by atoms with E-state index >= 15 is 0 Å². The Labute approximate surface area is 314 Å². The number of nitrogens with zero attached hydrogens (tertiary/aromatic N) is 5. The number of phosphoric ester groups is 2. The van der Waals surface area contributed by atoms with Crippen LogP contribution in [-0.4, -0.2) is 132 Å².